The molecule has 2 aliphatic heterocycles. The lowest BCUT2D eigenvalue weighted by molar-refractivity contribution is -0.137. The van der Waals surface area contributed by atoms with Gasteiger partial charge in [-0.1, -0.05) is 6.07 Å². The maximum absolute atomic E-state index is 12.9. The molecule has 7 heteroatoms. The van der Waals surface area contributed by atoms with E-state index in [0.29, 0.717) is 19.7 Å². The quantitative estimate of drug-likeness (QED) is 0.787. The van der Waals surface area contributed by atoms with Crippen molar-refractivity contribution in [3.63, 3.8) is 0 Å². The zero-order valence-corrected chi connectivity index (χ0v) is 13.6. The SMILES string of the molecule is CN1CCCC2(C1)CN(C(=O)c1cccc(C(F)(F)F)c1)CCO2. The Bertz CT molecular complexity index is 616. The summed E-state index contributed by atoms with van der Waals surface area (Å²) in [6.45, 7) is 2.97. The van der Waals surface area contributed by atoms with E-state index < -0.39 is 17.3 Å². The monoisotopic (exact) mass is 342 g/mol. The highest BCUT2D eigenvalue weighted by molar-refractivity contribution is 5.94. The molecule has 0 N–H and O–H groups in total. The molecular formula is C17H21F3N2O2. The smallest absolute Gasteiger partial charge is 0.370 e. The second-order valence-electron chi connectivity index (χ2n) is 6.68. The molecule has 0 aromatic heterocycles. The molecule has 1 spiro atoms. The minimum absolute atomic E-state index is 0.0750. The number of benzene rings is 1. The molecule has 2 saturated heterocycles. The van der Waals surface area contributed by atoms with Crippen molar-refractivity contribution in [3.8, 4) is 0 Å². The minimum atomic E-state index is -4.45. The van der Waals surface area contributed by atoms with Crippen molar-refractivity contribution >= 4 is 5.91 Å². The van der Waals surface area contributed by atoms with Crippen molar-refractivity contribution in [1.82, 2.24) is 9.80 Å². The van der Waals surface area contributed by atoms with Gasteiger partial charge in [0.25, 0.3) is 5.91 Å². The lowest BCUT2D eigenvalue weighted by Gasteiger charge is -2.47. The van der Waals surface area contributed by atoms with E-state index >= 15 is 0 Å². The molecule has 1 amide bonds. The zero-order valence-electron chi connectivity index (χ0n) is 13.6. The summed E-state index contributed by atoms with van der Waals surface area (Å²) in [7, 11) is 2.01. The van der Waals surface area contributed by atoms with Crippen LogP contribution in [0.25, 0.3) is 0 Å². The molecule has 0 bridgehead atoms. The highest BCUT2D eigenvalue weighted by Gasteiger charge is 2.41. The van der Waals surface area contributed by atoms with Crippen LogP contribution in [0, 0.1) is 0 Å². The van der Waals surface area contributed by atoms with Gasteiger partial charge in [-0.25, -0.2) is 0 Å². The second-order valence-corrected chi connectivity index (χ2v) is 6.68. The Labute approximate surface area is 139 Å². The molecule has 3 rings (SSSR count). The van der Waals surface area contributed by atoms with Gasteiger partial charge in [-0.15, -0.1) is 0 Å². The summed E-state index contributed by atoms with van der Waals surface area (Å²) in [5.41, 5.74) is -1.12. The van der Waals surface area contributed by atoms with Crippen LogP contribution in [0.5, 0.6) is 0 Å². The van der Waals surface area contributed by atoms with E-state index in [4.69, 9.17) is 4.74 Å². The largest absolute Gasteiger partial charge is 0.416 e. The Morgan fingerprint density at radius 1 is 1.25 bits per heavy atom. The molecule has 0 saturated carbocycles. The molecule has 132 valence electrons. The molecule has 0 aliphatic carbocycles. The average Bonchev–Trinajstić information content (AvgIpc) is 2.53. The van der Waals surface area contributed by atoms with E-state index in [9.17, 15) is 18.0 Å². The van der Waals surface area contributed by atoms with Gasteiger partial charge in [0.2, 0.25) is 0 Å². The number of ether oxygens (including phenoxy) is 1. The fourth-order valence-corrected chi connectivity index (χ4v) is 3.60. The van der Waals surface area contributed by atoms with E-state index in [1.807, 2.05) is 7.05 Å². The summed E-state index contributed by atoms with van der Waals surface area (Å²) in [5.74, 6) is -0.364. The van der Waals surface area contributed by atoms with Crippen molar-refractivity contribution in [2.24, 2.45) is 0 Å². The van der Waals surface area contributed by atoms with Gasteiger partial charge in [0.05, 0.1) is 24.3 Å². The third-order valence-electron chi connectivity index (χ3n) is 4.70. The summed E-state index contributed by atoms with van der Waals surface area (Å²) in [4.78, 5) is 16.5. The number of likely N-dealkylation sites (tertiary alicyclic amines) is 1. The molecule has 24 heavy (non-hydrogen) atoms. The third kappa shape index (κ3) is 3.57. The number of amides is 1. The first kappa shape index (κ1) is 17.2. The Hall–Kier alpha value is -1.60. The molecule has 4 nitrogen and oxygen atoms in total. The van der Waals surface area contributed by atoms with E-state index in [1.165, 1.54) is 12.1 Å². The highest BCUT2D eigenvalue weighted by atomic mass is 19.4. The van der Waals surface area contributed by atoms with Crippen LogP contribution in [-0.4, -0.2) is 61.1 Å². The maximum atomic E-state index is 12.9. The number of morpholine rings is 1. The number of carbonyl (C=O) groups excluding carboxylic acids is 1. The molecule has 1 unspecified atom stereocenters. The van der Waals surface area contributed by atoms with Crippen LogP contribution in [0.4, 0.5) is 13.2 Å². The number of halogens is 3. The predicted octanol–water partition coefficient (Wildman–Crippen LogP) is 2.64. The standard InChI is InChI=1S/C17H21F3N2O2/c1-21-7-3-6-16(11-21)12-22(8-9-24-16)15(23)13-4-2-5-14(10-13)17(18,19)20/h2,4-5,10H,3,6-9,11-12H2,1H3. The lowest BCUT2D eigenvalue weighted by atomic mass is 9.90. The fraction of sp³-hybridized carbons (Fsp3) is 0.588. The van der Waals surface area contributed by atoms with Crippen LogP contribution in [0.15, 0.2) is 24.3 Å². The number of piperidine rings is 1. The van der Waals surface area contributed by atoms with Crippen molar-refractivity contribution in [2.45, 2.75) is 24.6 Å². The van der Waals surface area contributed by atoms with Gasteiger partial charge < -0.3 is 14.5 Å². The first-order chi connectivity index (χ1) is 11.3. The van der Waals surface area contributed by atoms with Crippen LogP contribution in [0.3, 0.4) is 0 Å². The fourth-order valence-electron chi connectivity index (χ4n) is 3.60. The highest BCUT2D eigenvalue weighted by Crippen LogP contribution is 2.31. The van der Waals surface area contributed by atoms with Crippen LogP contribution in [0.1, 0.15) is 28.8 Å². The molecule has 1 aromatic rings. The van der Waals surface area contributed by atoms with Crippen molar-refractivity contribution in [3.05, 3.63) is 35.4 Å². The molecule has 2 fully saturated rings. The summed E-state index contributed by atoms with van der Waals surface area (Å²) < 4.78 is 44.5. The third-order valence-corrected chi connectivity index (χ3v) is 4.70. The van der Waals surface area contributed by atoms with E-state index in [0.717, 1.165) is 38.1 Å². The molecule has 0 radical (unpaired) electrons. The van der Waals surface area contributed by atoms with Crippen molar-refractivity contribution < 1.29 is 22.7 Å². The molecule has 1 atom stereocenters. The lowest BCUT2D eigenvalue weighted by Crippen LogP contribution is -2.60. The number of rotatable bonds is 1. The van der Waals surface area contributed by atoms with Crippen LogP contribution >= 0.6 is 0 Å². The van der Waals surface area contributed by atoms with Gasteiger partial charge in [0.15, 0.2) is 0 Å². The van der Waals surface area contributed by atoms with Crippen molar-refractivity contribution in [2.75, 3.05) is 39.8 Å². The first-order valence-corrected chi connectivity index (χ1v) is 8.08. The number of nitrogens with zero attached hydrogens (tertiary/aromatic N) is 2. The van der Waals surface area contributed by atoms with Gasteiger partial charge >= 0.3 is 6.18 Å². The number of carbonyl (C=O) groups is 1. The molecule has 1 aromatic carbocycles. The Morgan fingerprint density at radius 3 is 2.75 bits per heavy atom. The molecule has 2 aliphatic rings. The number of hydrogen-bond acceptors (Lipinski definition) is 3. The average molecular weight is 342 g/mol. The van der Waals surface area contributed by atoms with Gasteiger partial charge in [-0.2, -0.15) is 13.2 Å². The summed E-state index contributed by atoms with van der Waals surface area (Å²) in [6.07, 6.45) is -2.60. The summed E-state index contributed by atoms with van der Waals surface area (Å²) in [5, 5.41) is 0. The summed E-state index contributed by atoms with van der Waals surface area (Å²) >= 11 is 0. The van der Waals surface area contributed by atoms with Gasteiger partial charge in [0.1, 0.15) is 0 Å². The Morgan fingerprint density at radius 2 is 2.04 bits per heavy atom. The number of alkyl halides is 3. The molecule has 2 heterocycles. The van der Waals surface area contributed by atoms with E-state index in [-0.39, 0.29) is 11.5 Å². The Balaban J connectivity index is 1.77. The predicted molar refractivity (Wildman–Crippen MR) is 82.8 cm³/mol. The Kier molecular flexibility index (Phi) is 4.57. The summed E-state index contributed by atoms with van der Waals surface area (Å²) in [6, 6.07) is 4.62. The van der Waals surface area contributed by atoms with Crippen LogP contribution in [-0.2, 0) is 10.9 Å². The van der Waals surface area contributed by atoms with E-state index in [1.54, 1.807) is 4.90 Å². The normalized spacial score (nSPS) is 25.9. The van der Waals surface area contributed by atoms with Crippen molar-refractivity contribution in [1.29, 1.82) is 0 Å². The topological polar surface area (TPSA) is 32.8 Å². The van der Waals surface area contributed by atoms with Crippen LogP contribution < -0.4 is 0 Å². The molecular weight excluding hydrogens is 321 g/mol. The maximum Gasteiger partial charge on any atom is 0.416 e. The minimum Gasteiger partial charge on any atom is -0.370 e. The second kappa shape index (κ2) is 6.37. The van der Waals surface area contributed by atoms with E-state index in [2.05, 4.69) is 4.90 Å². The zero-order chi connectivity index (χ0) is 17.4. The first-order valence-electron chi connectivity index (χ1n) is 8.08. The van der Waals surface area contributed by atoms with Crippen LogP contribution in [0.2, 0.25) is 0 Å². The number of hydrogen-bond donors (Lipinski definition) is 0. The number of likely N-dealkylation sites (N-methyl/N-ethyl adjacent to an activating group) is 1. The van der Waals surface area contributed by atoms with Gasteiger partial charge in [0, 0.05) is 18.7 Å². The van der Waals surface area contributed by atoms with Gasteiger partial charge in [-0.05, 0) is 44.6 Å². The van der Waals surface area contributed by atoms with Gasteiger partial charge in [-0.3, -0.25) is 4.79 Å².